The number of nitrogens with zero attached hydrogens (tertiary/aromatic N) is 2. The van der Waals surface area contributed by atoms with E-state index in [2.05, 4.69) is 20.9 Å². The number of carbonyl (C=O) groups excluding carboxylic acids is 1. The lowest BCUT2D eigenvalue weighted by molar-refractivity contribution is 0.0784. The summed E-state index contributed by atoms with van der Waals surface area (Å²) in [6.07, 6.45) is 3.35. The number of pyridine rings is 1. The molecule has 2 rings (SSSR count). The van der Waals surface area contributed by atoms with E-state index in [-0.39, 0.29) is 12.5 Å². The minimum atomic E-state index is 0.0328. The van der Waals surface area contributed by atoms with Gasteiger partial charge in [-0.3, -0.25) is 4.79 Å². The van der Waals surface area contributed by atoms with Crippen LogP contribution in [0.4, 0.5) is 0 Å². The molecule has 0 aliphatic carbocycles. The molecule has 1 unspecified atom stereocenters. The van der Waals surface area contributed by atoms with Crippen molar-refractivity contribution in [1.82, 2.24) is 9.88 Å². The van der Waals surface area contributed by atoms with Gasteiger partial charge in [0.1, 0.15) is 4.60 Å². The number of aromatic nitrogens is 1. The predicted molar refractivity (Wildman–Crippen MR) is 67.7 cm³/mol. The van der Waals surface area contributed by atoms with Crippen LogP contribution in [0, 0.1) is 5.92 Å². The van der Waals surface area contributed by atoms with Gasteiger partial charge >= 0.3 is 0 Å². The number of likely N-dealkylation sites (tertiary alicyclic amines) is 1. The highest BCUT2D eigenvalue weighted by molar-refractivity contribution is 9.10. The lowest BCUT2D eigenvalue weighted by atomic mass is 10.1. The zero-order valence-electron chi connectivity index (χ0n) is 9.47. The maximum Gasteiger partial charge on any atom is 0.255 e. The fourth-order valence-electron chi connectivity index (χ4n) is 2.12. The molecule has 1 atom stereocenters. The van der Waals surface area contributed by atoms with Crippen LogP contribution in [-0.4, -0.2) is 40.6 Å². The van der Waals surface area contributed by atoms with Crippen molar-refractivity contribution in [2.75, 3.05) is 19.7 Å². The monoisotopic (exact) mass is 298 g/mol. The van der Waals surface area contributed by atoms with E-state index in [1.807, 2.05) is 4.90 Å². The molecule has 0 saturated carbocycles. The Kier molecular flexibility index (Phi) is 4.12. The number of hydrogen-bond donors (Lipinski definition) is 1. The van der Waals surface area contributed by atoms with Crippen molar-refractivity contribution in [2.24, 2.45) is 5.92 Å². The van der Waals surface area contributed by atoms with Crippen molar-refractivity contribution in [3.05, 3.63) is 28.5 Å². The number of rotatable bonds is 3. The van der Waals surface area contributed by atoms with Gasteiger partial charge < -0.3 is 10.0 Å². The third-order valence-electron chi connectivity index (χ3n) is 3.08. The van der Waals surface area contributed by atoms with Gasteiger partial charge in [0, 0.05) is 25.9 Å². The predicted octanol–water partition coefficient (Wildman–Crippen LogP) is 1.69. The average molecular weight is 299 g/mol. The second-order valence-corrected chi connectivity index (χ2v) is 5.10. The van der Waals surface area contributed by atoms with Gasteiger partial charge in [0.25, 0.3) is 5.91 Å². The van der Waals surface area contributed by atoms with Crippen molar-refractivity contribution >= 4 is 21.8 Å². The van der Waals surface area contributed by atoms with Gasteiger partial charge in [-0.15, -0.1) is 0 Å². The summed E-state index contributed by atoms with van der Waals surface area (Å²) < 4.78 is 0.730. The quantitative estimate of drug-likeness (QED) is 0.864. The molecule has 1 fully saturated rings. The number of aliphatic hydroxyl groups is 1. The van der Waals surface area contributed by atoms with Crippen LogP contribution in [-0.2, 0) is 0 Å². The van der Waals surface area contributed by atoms with Crippen LogP contribution < -0.4 is 0 Å². The zero-order valence-corrected chi connectivity index (χ0v) is 11.1. The Morgan fingerprint density at radius 1 is 1.59 bits per heavy atom. The summed E-state index contributed by atoms with van der Waals surface area (Å²) in [6, 6.07) is 3.55. The minimum Gasteiger partial charge on any atom is -0.396 e. The van der Waals surface area contributed by atoms with Crippen LogP contribution >= 0.6 is 15.9 Å². The molecule has 5 heteroatoms. The highest BCUT2D eigenvalue weighted by Crippen LogP contribution is 2.21. The van der Waals surface area contributed by atoms with Gasteiger partial charge in [0.05, 0.1) is 5.56 Å². The molecule has 2 heterocycles. The number of halogens is 1. The van der Waals surface area contributed by atoms with E-state index in [0.717, 1.165) is 30.5 Å². The van der Waals surface area contributed by atoms with Crippen LogP contribution in [0.15, 0.2) is 22.9 Å². The molecule has 0 radical (unpaired) electrons. The Morgan fingerprint density at radius 2 is 2.41 bits per heavy atom. The van der Waals surface area contributed by atoms with E-state index in [9.17, 15) is 4.79 Å². The molecule has 1 aliphatic rings. The molecule has 4 nitrogen and oxygen atoms in total. The Balaban J connectivity index is 1.99. The Hall–Kier alpha value is -0.940. The fraction of sp³-hybridized carbons (Fsp3) is 0.500. The van der Waals surface area contributed by atoms with E-state index in [4.69, 9.17) is 5.11 Å². The van der Waals surface area contributed by atoms with E-state index < -0.39 is 0 Å². The summed E-state index contributed by atoms with van der Waals surface area (Å²) in [5.41, 5.74) is 0.623. The standard InChI is InChI=1S/C12H15BrN2O2/c13-11-2-1-10(7-14-11)12(17)15-5-3-9(8-15)4-6-16/h1-2,7,9,16H,3-6,8H2. The molecular weight excluding hydrogens is 284 g/mol. The van der Waals surface area contributed by atoms with Crippen molar-refractivity contribution in [3.8, 4) is 0 Å². The maximum atomic E-state index is 12.1. The Bertz CT molecular complexity index is 394. The molecule has 0 aromatic carbocycles. The molecule has 0 spiro atoms. The van der Waals surface area contributed by atoms with Crippen molar-refractivity contribution in [1.29, 1.82) is 0 Å². The lowest BCUT2D eigenvalue weighted by Gasteiger charge is -2.16. The number of aliphatic hydroxyl groups excluding tert-OH is 1. The summed E-state index contributed by atoms with van der Waals surface area (Å²) in [4.78, 5) is 18.0. The summed E-state index contributed by atoms with van der Waals surface area (Å²) in [7, 11) is 0. The molecule has 1 amide bonds. The van der Waals surface area contributed by atoms with Gasteiger partial charge in [-0.25, -0.2) is 4.98 Å². The van der Waals surface area contributed by atoms with E-state index in [1.54, 1.807) is 18.3 Å². The molecule has 1 saturated heterocycles. The molecule has 17 heavy (non-hydrogen) atoms. The smallest absolute Gasteiger partial charge is 0.255 e. The molecule has 92 valence electrons. The number of amides is 1. The molecule has 1 N–H and O–H groups in total. The largest absolute Gasteiger partial charge is 0.396 e. The van der Waals surface area contributed by atoms with Crippen molar-refractivity contribution < 1.29 is 9.90 Å². The first-order valence-corrected chi connectivity index (χ1v) is 6.51. The third kappa shape index (κ3) is 3.04. The van der Waals surface area contributed by atoms with Crippen LogP contribution in [0.5, 0.6) is 0 Å². The highest BCUT2D eigenvalue weighted by atomic mass is 79.9. The van der Waals surface area contributed by atoms with E-state index >= 15 is 0 Å². The topological polar surface area (TPSA) is 53.4 Å². The molecule has 1 aromatic rings. The third-order valence-corrected chi connectivity index (χ3v) is 3.55. The van der Waals surface area contributed by atoms with E-state index in [1.165, 1.54) is 0 Å². The van der Waals surface area contributed by atoms with E-state index in [0.29, 0.717) is 11.5 Å². The highest BCUT2D eigenvalue weighted by Gasteiger charge is 2.26. The van der Waals surface area contributed by atoms with Crippen molar-refractivity contribution in [3.63, 3.8) is 0 Å². The average Bonchev–Trinajstić information content (AvgIpc) is 2.78. The van der Waals surface area contributed by atoms with Crippen LogP contribution in [0.1, 0.15) is 23.2 Å². The molecule has 0 bridgehead atoms. The first-order chi connectivity index (χ1) is 8.20. The molecule has 1 aliphatic heterocycles. The van der Waals surface area contributed by atoms with Gasteiger partial charge in [0.15, 0.2) is 0 Å². The second-order valence-electron chi connectivity index (χ2n) is 4.29. The Labute approximate surface area is 109 Å². The van der Waals surface area contributed by atoms with Crippen LogP contribution in [0.25, 0.3) is 0 Å². The lowest BCUT2D eigenvalue weighted by Crippen LogP contribution is -2.28. The maximum absolute atomic E-state index is 12.1. The van der Waals surface area contributed by atoms with Gasteiger partial charge in [-0.1, -0.05) is 0 Å². The van der Waals surface area contributed by atoms with Crippen LogP contribution in [0.2, 0.25) is 0 Å². The summed E-state index contributed by atoms with van der Waals surface area (Å²) in [6.45, 7) is 1.72. The fourth-order valence-corrected chi connectivity index (χ4v) is 2.35. The summed E-state index contributed by atoms with van der Waals surface area (Å²) in [5.74, 6) is 0.470. The minimum absolute atomic E-state index is 0.0328. The normalized spacial score (nSPS) is 19.6. The number of carbonyl (C=O) groups is 1. The van der Waals surface area contributed by atoms with Gasteiger partial charge in [0.2, 0.25) is 0 Å². The molecule has 1 aromatic heterocycles. The first-order valence-electron chi connectivity index (χ1n) is 5.72. The first kappa shape index (κ1) is 12.5. The number of hydrogen-bond acceptors (Lipinski definition) is 3. The summed E-state index contributed by atoms with van der Waals surface area (Å²) in [5, 5.41) is 8.88. The van der Waals surface area contributed by atoms with Crippen molar-refractivity contribution in [2.45, 2.75) is 12.8 Å². The van der Waals surface area contributed by atoms with Gasteiger partial charge in [-0.05, 0) is 46.8 Å². The molecular formula is C12H15BrN2O2. The summed E-state index contributed by atoms with van der Waals surface area (Å²) >= 11 is 3.24. The van der Waals surface area contributed by atoms with Crippen LogP contribution in [0.3, 0.4) is 0 Å². The second kappa shape index (κ2) is 5.60. The van der Waals surface area contributed by atoms with Gasteiger partial charge in [-0.2, -0.15) is 0 Å². The SMILES string of the molecule is O=C(c1ccc(Br)nc1)N1CCC(CCO)C1. The zero-order chi connectivity index (χ0) is 12.3. The Morgan fingerprint density at radius 3 is 3.06 bits per heavy atom.